The fraction of sp³-hybridized carbons (Fsp3) is 0.444. The Balaban J connectivity index is 1.55. The molecule has 0 N–H and O–H groups in total. The SMILES string of the molecule is COc1cc(C(=O)N2CCCN(C(=O)CCn3cccn3)CC2)ccn1. The van der Waals surface area contributed by atoms with Gasteiger partial charge in [0.2, 0.25) is 11.8 Å². The first kappa shape index (κ1) is 17.9. The molecule has 8 heteroatoms. The minimum Gasteiger partial charge on any atom is -0.481 e. The van der Waals surface area contributed by atoms with Crippen LogP contribution in [0.3, 0.4) is 0 Å². The smallest absolute Gasteiger partial charge is 0.254 e. The zero-order valence-corrected chi connectivity index (χ0v) is 14.9. The third-order valence-corrected chi connectivity index (χ3v) is 4.44. The zero-order valence-electron chi connectivity index (χ0n) is 14.9. The lowest BCUT2D eigenvalue weighted by Crippen LogP contribution is -2.37. The van der Waals surface area contributed by atoms with Crippen LogP contribution < -0.4 is 4.74 Å². The molecule has 1 aliphatic rings. The van der Waals surface area contributed by atoms with Crippen LogP contribution in [-0.2, 0) is 11.3 Å². The van der Waals surface area contributed by atoms with E-state index in [0.717, 1.165) is 6.42 Å². The van der Waals surface area contributed by atoms with E-state index in [-0.39, 0.29) is 11.8 Å². The summed E-state index contributed by atoms with van der Waals surface area (Å²) in [5.74, 6) is 0.456. The van der Waals surface area contributed by atoms with Gasteiger partial charge >= 0.3 is 0 Å². The van der Waals surface area contributed by atoms with Crippen LogP contribution in [0.5, 0.6) is 5.88 Å². The van der Waals surface area contributed by atoms with Gasteiger partial charge in [-0.2, -0.15) is 5.10 Å². The fourth-order valence-electron chi connectivity index (χ4n) is 3.01. The number of hydrogen-bond acceptors (Lipinski definition) is 5. The maximum atomic E-state index is 12.7. The molecule has 0 saturated carbocycles. The van der Waals surface area contributed by atoms with Crippen LogP contribution in [-0.4, -0.2) is 69.7 Å². The summed E-state index contributed by atoms with van der Waals surface area (Å²) in [6.45, 7) is 2.94. The quantitative estimate of drug-likeness (QED) is 0.799. The summed E-state index contributed by atoms with van der Waals surface area (Å²) in [6.07, 6.45) is 6.29. The van der Waals surface area contributed by atoms with Crippen LogP contribution in [0.2, 0.25) is 0 Å². The maximum Gasteiger partial charge on any atom is 0.254 e. The van der Waals surface area contributed by atoms with Crippen LogP contribution in [0.4, 0.5) is 0 Å². The molecule has 0 bridgehead atoms. The normalized spacial score (nSPS) is 14.8. The first-order chi connectivity index (χ1) is 12.7. The van der Waals surface area contributed by atoms with E-state index < -0.39 is 0 Å². The number of nitrogens with zero attached hydrogens (tertiary/aromatic N) is 5. The van der Waals surface area contributed by atoms with Crippen molar-refractivity contribution in [3.63, 3.8) is 0 Å². The van der Waals surface area contributed by atoms with Crippen LogP contribution in [0.15, 0.2) is 36.8 Å². The molecule has 0 atom stereocenters. The minimum absolute atomic E-state index is 0.0588. The Hall–Kier alpha value is -2.90. The van der Waals surface area contributed by atoms with Crippen LogP contribution in [0, 0.1) is 0 Å². The number of methoxy groups -OCH3 is 1. The average Bonchev–Trinajstić information content (AvgIpc) is 3.08. The molecule has 2 aromatic heterocycles. The van der Waals surface area contributed by atoms with Gasteiger partial charge in [-0.05, 0) is 18.6 Å². The van der Waals surface area contributed by atoms with Gasteiger partial charge in [-0.1, -0.05) is 0 Å². The predicted octanol–water partition coefficient (Wildman–Crippen LogP) is 1.05. The van der Waals surface area contributed by atoms with Gasteiger partial charge in [-0.3, -0.25) is 14.3 Å². The highest BCUT2D eigenvalue weighted by Crippen LogP contribution is 2.13. The van der Waals surface area contributed by atoms with Gasteiger partial charge < -0.3 is 14.5 Å². The van der Waals surface area contributed by atoms with Crippen molar-refractivity contribution in [3.05, 3.63) is 42.4 Å². The number of hydrogen-bond donors (Lipinski definition) is 0. The number of pyridine rings is 1. The van der Waals surface area contributed by atoms with Crippen molar-refractivity contribution in [2.75, 3.05) is 33.3 Å². The summed E-state index contributed by atoms with van der Waals surface area (Å²) in [6, 6.07) is 5.16. The van der Waals surface area contributed by atoms with Crippen LogP contribution in [0.1, 0.15) is 23.2 Å². The lowest BCUT2D eigenvalue weighted by Gasteiger charge is -2.22. The van der Waals surface area contributed by atoms with E-state index in [2.05, 4.69) is 10.1 Å². The molecule has 0 aliphatic carbocycles. The Labute approximate surface area is 152 Å². The summed E-state index contributed by atoms with van der Waals surface area (Å²) in [7, 11) is 1.52. The maximum absolute atomic E-state index is 12.7. The van der Waals surface area contributed by atoms with Gasteiger partial charge in [0.1, 0.15) is 0 Å². The molecule has 0 unspecified atom stereocenters. The monoisotopic (exact) mass is 357 g/mol. The molecule has 3 rings (SSSR count). The molecule has 0 radical (unpaired) electrons. The molecule has 1 aliphatic heterocycles. The Morgan fingerprint density at radius 2 is 1.96 bits per heavy atom. The first-order valence-corrected chi connectivity index (χ1v) is 8.72. The third kappa shape index (κ3) is 4.38. The largest absolute Gasteiger partial charge is 0.481 e. The molecular formula is C18H23N5O3. The summed E-state index contributed by atoms with van der Waals surface area (Å²) in [5, 5.41) is 4.11. The van der Waals surface area contributed by atoms with Crippen molar-refractivity contribution in [2.45, 2.75) is 19.4 Å². The molecular weight excluding hydrogens is 334 g/mol. The van der Waals surface area contributed by atoms with E-state index in [1.165, 1.54) is 7.11 Å². The van der Waals surface area contributed by atoms with Crippen molar-refractivity contribution in [3.8, 4) is 5.88 Å². The predicted molar refractivity (Wildman–Crippen MR) is 94.7 cm³/mol. The lowest BCUT2D eigenvalue weighted by molar-refractivity contribution is -0.131. The molecule has 26 heavy (non-hydrogen) atoms. The van der Waals surface area contributed by atoms with Gasteiger partial charge in [0, 0.05) is 69.4 Å². The Morgan fingerprint density at radius 1 is 1.15 bits per heavy atom. The van der Waals surface area contributed by atoms with Crippen molar-refractivity contribution >= 4 is 11.8 Å². The molecule has 0 aromatic carbocycles. The zero-order chi connectivity index (χ0) is 18.4. The average molecular weight is 357 g/mol. The number of rotatable bonds is 5. The van der Waals surface area contributed by atoms with E-state index in [0.29, 0.717) is 50.6 Å². The van der Waals surface area contributed by atoms with E-state index in [9.17, 15) is 9.59 Å². The van der Waals surface area contributed by atoms with Crippen LogP contribution >= 0.6 is 0 Å². The Kier molecular flexibility index (Phi) is 5.83. The van der Waals surface area contributed by atoms with Crippen LogP contribution in [0.25, 0.3) is 0 Å². The number of carbonyl (C=O) groups excluding carboxylic acids is 2. The molecule has 138 valence electrons. The van der Waals surface area contributed by atoms with Crippen molar-refractivity contribution in [1.82, 2.24) is 24.6 Å². The first-order valence-electron chi connectivity index (χ1n) is 8.72. The standard InChI is InChI=1S/C18H23N5O3/c1-26-16-14-15(4-7-19-16)18(25)22-9-3-8-21(12-13-22)17(24)5-11-23-10-2-6-20-23/h2,4,6-7,10,14H,3,5,8-9,11-13H2,1H3. The van der Waals surface area contributed by atoms with E-state index in [1.807, 2.05) is 17.2 Å². The molecule has 0 spiro atoms. The minimum atomic E-state index is -0.0588. The van der Waals surface area contributed by atoms with E-state index in [4.69, 9.17) is 4.74 Å². The lowest BCUT2D eigenvalue weighted by atomic mass is 10.2. The summed E-state index contributed by atoms with van der Waals surface area (Å²) >= 11 is 0. The third-order valence-electron chi connectivity index (χ3n) is 4.44. The Bertz CT molecular complexity index is 747. The molecule has 8 nitrogen and oxygen atoms in total. The Morgan fingerprint density at radius 3 is 2.73 bits per heavy atom. The number of carbonyl (C=O) groups is 2. The van der Waals surface area contributed by atoms with Gasteiger partial charge in [-0.25, -0.2) is 4.98 Å². The number of aryl methyl sites for hydroxylation is 1. The van der Waals surface area contributed by atoms with Crippen molar-refractivity contribution < 1.29 is 14.3 Å². The second-order valence-electron chi connectivity index (χ2n) is 6.13. The summed E-state index contributed by atoms with van der Waals surface area (Å²) in [5.41, 5.74) is 0.551. The summed E-state index contributed by atoms with van der Waals surface area (Å²) in [4.78, 5) is 32.8. The molecule has 2 amide bonds. The van der Waals surface area contributed by atoms with Gasteiger partial charge in [0.05, 0.1) is 7.11 Å². The van der Waals surface area contributed by atoms with Gasteiger partial charge in [0.25, 0.3) is 5.91 Å². The van der Waals surface area contributed by atoms with Gasteiger partial charge in [-0.15, -0.1) is 0 Å². The topological polar surface area (TPSA) is 80.6 Å². The van der Waals surface area contributed by atoms with E-state index >= 15 is 0 Å². The summed E-state index contributed by atoms with van der Waals surface area (Å²) < 4.78 is 6.83. The highest BCUT2D eigenvalue weighted by atomic mass is 16.5. The number of aromatic nitrogens is 3. The molecule has 2 aromatic rings. The highest BCUT2D eigenvalue weighted by molar-refractivity contribution is 5.94. The number of amides is 2. The van der Waals surface area contributed by atoms with Gasteiger partial charge in [0.15, 0.2) is 0 Å². The van der Waals surface area contributed by atoms with E-state index in [1.54, 1.807) is 34.1 Å². The number of ether oxygens (including phenoxy) is 1. The highest BCUT2D eigenvalue weighted by Gasteiger charge is 2.23. The second-order valence-corrected chi connectivity index (χ2v) is 6.13. The van der Waals surface area contributed by atoms with Crippen molar-refractivity contribution in [2.24, 2.45) is 0 Å². The molecule has 3 heterocycles. The molecule has 1 fully saturated rings. The van der Waals surface area contributed by atoms with Crippen molar-refractivity contribution in [1.29, 1.82) is 0 Å². The fourth-order valence-corrected chi connectivity index (χ4v) is 3.01. The second kappa shape index (κ2) is 8.46. The molecule has 1 saturated heterocycles.